The lowest BCUT2D eigenvalue weighted by Gasteiger charge is -2.15. The molecule has 1 aliphatic heterocycles. The molecule has 3 N–H and O–H groups in total. The first-order valence-corrected chi connectivity index (χ1v) is 12.0. The predicted molar refractivity (Wildman–Crippen MR) is 116 cm³/mol. The molecular weight excluding hydrogens is 352 g/mol. The van der Waals surface area contributed by atoms with Crippen LogP contribution in [0.4, 0.5) is 0 Å². The highest BCUT2D eigenvalue weighted by molar-refractivity contribution is 5.76. The van der Waals surface area contributed by atoms with E-state index in [2.05, 4.69) is 5.32 Å². The van der Waals surface area contributed by atoms with Crippen LogP contribution in [0.2, 0.25) is 0 Å². The normalized spacial score (nSPS) is 16.8. The van der Waals surface area contributed by atoms with Crippen molar-refractivity contribution in [1.82, 2.24) is 10.2 Å². The van der Waals surface area contributed by atoms with Gasteiger partial charge in [-0.2, -0.15) is 0 Å². The number of unbranched alkanes of at least 4 members (excludes halogenated alkanes) is 12. The summed E-state index contributed by atoms with van der Waals surface area (Å²) in [6, 6.07) is 0. The van der Waals surface area contributed by atoms with Crippen molar-refractivity contribution in [2.75, 3.05) is 32.8 Å². The molecule has 28 heavy (non-hydrogen) atoms. The van der Waals surface area contributed by atoms with E-state index in [0.717, 1.165) is 51.7 Å². The Morgan fingerprint density at radius 1 is 0.786 bits per heavy atom. The van der Waals surface area contributed by atoms with Crippen molar-refractivity contribution in [1.29, 1.82) is 0 Å². The Bertz CT molecular complexity index is 366. The molecule has 0 saturated carbocycles. The summed E-state index contributed by atoms with van der Waals surface area (Å²) < 4.78 is 0. The highest BCUT2D eigenvalue weighted by atomic mass is 16.3. The Labute approximate surface area is 173 Å². The van der Waals surface area contributed by atoms with Gasteiger partial charge in [-0.3, -0.25) is 4.79 Å². The molecule has 0 unspecified atom stereocenters. The first-order chi connectivity index (χ1) is 13.7. The standard InChI is InChI=1S/C23H46N2O3/c26-20-14-9-7-5-3-1-2-4-6-8-12-17-24-18-13-10-11-15-23(28)25-19-16-22(27)21-25/h22,24,26-27H,1-21H2/t22-/m1/s1. The van der Waals surface area contributed by atoms with Gasteiger partial charge in [-0.15, -0.1) is 0 Å². The van der Waals surface area contributed by atoms with Crippen molar-refractivity contribution in [3.8, 4) is 0 Å². The van der Waals surface area contributed by atoms with E-state index >= 15 is 0 Å². The van der Waals surface area contributed by atoms with E-state index in [0.29, 0.717) is 19.6 Å². The van der Waals surface area contributed by atoms with E-state index in [-0.39, 0.29) is 12.0 Å². The molecule has 5 nitrogen and oxygen atoms in total. The third kappa shape index (κ3) is 14.4. The monoisotopic (exact) mass is 398 g/mol. The number of amides is 1. The average molecular weight is 399 g/mol. The van der Waals surface area contributed by atoms with Crippen molar-refractivity contribution >= 4 is 5.91 Å². The molecule has 0 aromatic carbocycles. The third-order valence-electron chi connectivity index (χ3n) is 5.77. The minimum absolute atomic E-state index is 0.214. The summed E-state index contributed by atoms with van der Waals surface area (Å²) in [7, 11) is 0. The lowest BCUT2D eigenvalue weighted by atomic mass is 10.1. The number of hydrogen-bond acceptors (Lipinski definition) is 4. The van der Waals surface area contributed by atoms with Gasteiger partial charge in [-0.1, -0.05) is 64.2 Å². The number of rotatable bonds is 19. The van der Waals surface area contributed by atoms with Crippen molar-refractivity contribution < 1.29 is 15.0 Å². The molecule has 1 heterocycles. The number of carbonyl (C=O) groups excluding carboxylic acids is 1. The number of nitrogens with one attached hydrogen (secondary N) is 1. The molecule has 1 aliphatic rings. The van der Waals surface area contributed by atoms with Crippen LogP contribution in [0.15, 0.2) is 0 Å². The first kappa shape index (κ1) is 25.4. The lowest BCUT2D eigenvalue weighted by Crippen LogP contribution is -2.29. The van der Waals surface area contributed by atoms with Crippen LogP contribution >= 0.6 is 0 Å². The molecule has 0 aromatic heterocycles. The average Bonchev–Trinajstić information content (AvgIpc) is 3.13. The van der Waals surface area contributed by atoms with E-state index in [1.165, 1.54) is 64.2 Å². The Morgan fingerprint density at radius 2 is 1.29 bits per heavy atom. The minimum atomic E-state index is -0.305. The van der Waals surface area contributed by atoms with Gasteiger partial charge >= 0.3 is 0 Å². The van der Waals surface area contributed by atoms with Gasteiger partial charge in [0.25, 0.3) is 0 Å². The smallest absolute Gasteiger partial charge is 0.222 e. The number of nitrogens with zero attached hydrogens (tertiary/aromatic N) is 1. The van der Waals surface area contributed by atoms with Crippen LogP contribution in [0.5, 0.6) is 0 Å². The maximum atomic E-state index is 12.0. The Hall–Kier alpha value is -0.650. The highest BCUT2D eigenvalue weighted by Gasteiger charge is 2.23. The number of carbonyl (C=O) groups is 1. The Kier molecular flexibility index (Phi) is 16.7. The van der Waals surface area contributed by atoms with Gasteiger partial charge in [0.1, 0.15) is 0 Å². The first-order valence-electron chi connectivity index (χ1n) is 12.0. The van der Waals surface area contributed by atoms with Crippen LogP contribution in [0.1, 0.15) is 103 Å². The van der Waals surface area contributed by atoms with Gasteiger partial charge in [-0.05, 0) is 45.2 Å². The second kappa shape index (κ2) is 18.4. The minimum Gasteiger partial charge on any atom is -0.396 e. The molecule has 1 saturated heterocycles. The zero-order valence-electron chi connectivity index (χ0n) is 18.2. The summed E-state index contributed by atoms with van der Waals surface area (Å²) in [5.41, 5.74) is 0. The van der Waals surface area contributed by atoms with Gasteiger partial charge in [0, 0.05) is 26.1 Å². The van der Waals surface area contributed by atoms with Crippen LogP contribution in [-0.4, -0.2) is 59.9 Å². The van der Waals surface area contributed by atoms with Crippen LogP contribution < -0.4 is 5.32 Å². The van der Waals surface area contributed by atoms with Gasteiger partial charge in [-0.25, -0.2) is 0 Å². The van der Waals surface area contributed by atoms with Crippen molar-refractivity contribution in [3.05, 3.63) is 0 Å². The Balaban J connectivity index is 1.70. The molecule has 1 amide bonds. The van der Waals surface area contributed by atoms with Gasteiger partial charge in [0.2, 0.25) is 5.91 Å². The molecule has 0 aliphatic carbocycles. The van der Waals surface area contributed by atoms with Gasteiger partial charge in [0.05, 0.1) is 6.10 Å². The maximum Gasteiger partial charge on any atom is 0.222 e. The number of hydrogen-bond donors (Lipinski definition) is 3. The number of β-amino-alcohol motifs (C(OH)–C–C–N with tert-alkyl or cyclic N) is 1. The molecule has 166 valence electrons. The Morgan fingerprint density at radius 3 is 1.79 bits per heavy atom. The molecule has 0 radical (unpaired) electrons. The third-order valence-corrected chi connectivity index (χ3v) is 5.77. The molecule has 0 bridgehead atoms. The van der Waals surface area contributed by atoms with E-state index in [1.807, 2.05) is 4.90 Å². The summed E-state index contributed by atoms with van der Waals surface area (Å²) >= 11 is 0. The highest BCUT2D eigenvalue weighted by Crippen LogP contribution is 2.12. The molecule has 0 aromatic rings. The molecule has 1 fully saturated rings. The maximum absolute atomic E-state index is 12.0. The fourth-order valence-corrected chi connectivity index (χ4v) is 3.91. The fourth-order valence-electron chi connectivity index (χ4n) is 3.91. The summed E-state index contributed by atoms with van der Waals surface area (Å²) in [5, 5.41) is 21.7. The van der Waals surface area contributed by atoms with Crippen molar-refractivity contribution in [3.63, 3.8) is 0 Å². The van der Waals surface area contributed by atoms with Crippen LogP contribution in [-0.2, 0) is 4.79 Å². The number of aliphatic hydroxyl groups is 2. The topological polar surface area (TPSA) is 72.8 Å². The summed E-state index contributed by atoms with van der Waals surface area (Å²) in [6.07, 6.45) is 18.5. The van der Waals surface area contributed by atoms with Crippen LogP contribution in [0.25, 0.3) is 0 Å². The quantitative estimate of drug-likeness (QED) is 0.287. The summed E-state index contributed by atoms with van der Waals surface area (Å²) in [6.45, 7) is 3.79. The second-order valence-electron chi connectivity index (χ2n) is 8.46. The summed E-state index contributed by atoms with van der Waals surface area (Å²) in [4.78, 5) is 13.8. The number of likely N-dealkylation sites (tertiary alicyclic amines) is 1. The largest absolute Gasteiger partial charge is 0.396 e. The molecule has 1 rings (SSSR count). The lowest BCUT2D eigenvalue weighted by molar-refractivity contribution is -0.130. The predicted octanol–water partition coefficient (Wildman–Crippen LogP) is 4.01. The molecule has 1 atom stereocenters. The SMILES string of the molecule is O=C(CCCCCNCCCCCCCCCCCCCO)N1CC[C@@H](O)C1. The molecule has 0 spiro atoms. The number of aliphatic hydroxyl groups excluding tert-OH is 2. The second-order valence-corrected chi connectivity index (χ2v) is 8.46. The van der Waals surface area contributed by atoms with E-state index < -0.39 is 0 Å². The van der Waals surface area contributed by atoms with E-state index in [9.17, 15) is 9.90 Å². The van der Waals surface area contributed by atoms with Gasteiger partial charge < -0.3 is 20.4 Å². The van der Waals surface area contributed by atoms with Crippen molar-refractivity contribution in [2.24, 2.45) is 0 Å². The zero-order chi connectivity index (χ0) is 20.3. The summed E-state index contributed by atoms with van der Waals surface area (Å²) in [5.74, 6) is 0.214. The van der Waals surface area contributed by atoms with Crippen molar-refractivity contribution in [2.45, 2.75) is 109 Å². The van der Waals surface area contributed by atoms with Crippen LogP contribution in [0.3, 0.4) is 0 Å². The molecular formula is C23H46N2O3. The fraction of sp³-hybridized carbons (Fsp3) is 0.957. The zero-order valence-corrected chi connectivity index (χ0v) is 18.2. The van der Waals surface area contributed by atoms with Crippen LogP contribution in [0, 0.1) is 0 Å². The van der Waals surface area contributed by atoms with E-state index in [1.54, 1.807) is 0 Å². The van der Waals surface area contributed by atoms with Gasteiger partial charge in [0.15, 0.2) is 0 Å². The molecule has 5 heteroatoms. The van der Waals surface area contributed by atoms with E-state index in [4.69, 9.17) is 5.11 Å².